The van der Waals surface area contributed by atoms with E-state index in [0.29, 0.717) is 6.54 Å². The zero-order valence-electron chi connectivity index (χ0n) is 11.5. The van der Waals surface area contributed by atoms with Crippen LogP contribution in [0.15, 0.2) is 30.6 Å². The predicted octanol–water partition coefficient (Wildman–Crippen LogP) is 1.65. The van der Waals surface area contributed by atoms with E-state index < -0.39 is 6.10 Å². The molecule has 0 saturated heterocycles. The molecule has 0 unspecified atom stereocenters. The Morgan fingerprint density at radius 2 is 2.10 bits per heavy atom. The Labute approximate surface area is 117 Å². The monoisotopic (exact) mass is 275 g/mol. The van der Waals surface area contributed by atoms with Crippen LogP contribution in [0.5, 0.6) is 0 Å². The first-order valence-electron chi connectivity index (χ1n) is 6.78. The number of halogens is 1. The van der Waals surface area contributed by atoms with E-state index in [1.807, 2.05) is 13.4 Å². The first-order chi connectivity index (χ1) is 9.63. The van der Waals surface area contributed by atoms with E-state index in [2.05, 4.69) is 14.5 Å². The van der Waals surface area contributed by atoms with Gasteiger partial charge in [-0.3, -0.25) is 4.90 Å². The third kappa shape index (κ3) is 2.59. The lowest BCUT2D eigenvalue weighted by molar-refractivity contribution is 0.104. The molecule has 0 radical (unpaired) electrons. The van der Waals surface area contributed by atoms with Crippen molar-refractivity contribution in [2.75, 3.05) is 13.1 Å². The van der Waals surface area contributed by atoms with Crippen molar-refractivity contribution in [1.82, 2.24) is 14.5 Å². The fraction of sp³-hybridized carbons (Fsp3) is 0.400. The lowest BCUT2D eigenvalue weighted by atomic mass is 10.1. The topological polar surface area (TPSA) is 41.3 Å². The van der Waals surface area contributed by atoms with E-state index in [-0.39, 0.29) is 5.82 Å². The standard InChI is InChI=1S/C15H18FN3O/c1-18-10-17-13-8-19(7-6-14(13)18)9-15(20)11-2-4-12(16)5-3-11/h2-5,10,15,20H,6-9H2,1H3/t15-/m0/s1. The quantitative estimate of drug-likeness (QED) is 0.926. The normalized spacial score (nSPS) is 16.9. The molecule has 1 atom stereocenters. The minimum atomic E-state index is -0.596. The molecule has 1 aliphatic heterocycles. The first kappa shape index (κ1) is 13.3. The van der Waals surface area contributed by atoms with E-state index in [1.54, 1.807) is 12.1 Å². The Morgan fingerprint density at radius 3 is 2.85 bits per heavy atom. The smallest absolute Gasteiger partial charge is 0.123 e. The number of aliphatic hydroxyl groups is 1. The second-order valence-corrected chi connectivity index (χ2v) is 5.30. The van der Waals surface area contributed by atoms with Crippen molar-refractivity contribution in [2.24, 2.45) is 7.05 Å². The van der Waals surface area contributed by atoms with Crippen molar-refractivity contribution in [2.45, 2.75) is 19.1 Å². The van der Waals surface area contributed by atoms with Crippen molar-refractivity contribution < 1.29 is 9.50 Å². The summed E-state index contributed by atoms with van der Waals surface area (Å²) >= 11 is 0. The number of benzene rings is 1. The van der Waals surface area contributed by atoms with Gasteiger partial charge in [0.05, 0.1) is 18.1 Å². The fourth-order valence-electron chi connectivity index (χ4n) is 2.70. The molecule has 0 aliphatic carbocycles. The van der Waals surface area contributed by atoms with Crippen LogP contribution >= 0.6 is 0 Å². The molecule has 106 valence electrons. The van der Waals surface area contributed by atoms with Crippen molar-refractivity contribution in [3.8, 4) is 0 Å². The average molecular weight is 275 g/mol. The van der Waals surface area contributed by atoms with Gasteiger partial charge in [0.25, 0.3) is 0 Å². The minimum Gasteiger partial charge on any atom is -0.387 e. The molecule has 5 heteroatoms. The Balaban J connectivity index is 1.66. The molecule has 1 N–H and O–H groups in total. The van der Waals surface area contributed by atoms with Crippen molar-refractivity contribution >= 4 is 0 Å². The zero-order chi connectivity index (χ0) is 14.1. The van der Waals surface area contributed by atoms with Gasteiger partial charge < -0.3 is 9.67 Å². The highest BCUT2D eigenvalue weighted by Gasteiger charge is 2.22. The highest BCUT2D eigenvalue weighted by Crippen LogP contribution is 2.21. The number of aromatic nitrogens is 2. The average Bonchev–Trinajstić information content (AvgIpc) is 2.81. The first-order valence-corrected chi connectivity index (χ1v) is 6.78. The molecule has 0 bridgehead atoms. The van der Waals surface area contributed by atoms with Crippen molar-refractivity contribution in [3.05, 3.63) is 53.4 Å². The van der Waals surface area contributed by atoms with E-state index in [0.717, 1.165) is 30.8 Å². The van der Waals surface area contributed by atoms with Gasteiger partial charge in [-0.1, -0.05) is 12.1 Å². The molecule has 1 aromatic heterocycles. The molecule has 2 aromatic rings. The van der Waals surface area contributed by atoms with Gasteiger partial charge in [0, 0.05) is 38.8 Å². The number of fused-ring (bicyclic) bond motifs is 1. The summed E-state index contributed by atoms with van der Waals surface area (Å²) in [6.45, 7) is 2.21. The van der Waals surface area contributed by atoms with Gasteiger partial charge in [-0.05, 0) is 17.7 Å². The molecule has 3 rings (SSSR count). The summed E-state index contributed by atoms with van der Waals surface area (Å²) in [5, 5.41) is 10.2. The highest BCUT2D eigenvalue weighted by molar-refractivity contribution is 5.20. The summed E-state index contributed by atoms with van der Waals surface area (Å²) in [6, 6.07) is 6.03. The molecular formula is C15H18FN3O. The van der Waals surface area contributed by atoms with E-state index in [4.69, 9.17) is 0 Å². The molecule has 20 heavy (non-hydrogen) atoms. The summed E-state index contributed by atoms with van der Waals surface area (Å²) in [6.07, 6.45) is 2.19. The molecule has 0 saturated carbocycles. The molecule has 0 fully saturated rings. The van der Waals surface area contributed by atoms with Crippen LogP contribution in [0.1, 0.15) is 23.1 Å². The van der Waals surface area contributed by atoms with Crippen LogP contribution in [-0.4, -0.2) is 32.6 Å². The zero-order valence-corrected chi connectivity index (χ0v) is 11.5. The number of hydrogen-bond donors (Lipinski definition) is 1. The summed E-state index contributed by atoms with van der Waals surface area (Å²) in [7, 11) is 2.01. The lowest BCUT2D eigenvalue weighted by Crippen LogP contribution is -2.34. The summed E-state index contributed by atoms with van der Waals surface area (Å²) in [5.74, 6) is -0.281. The Hall–Kier alpha value is -1.72. The Kier molecular flexibility index (Phi) is 3.54. The van der Waals surface area contributed by atoms with Gasteiger partial charge >= 0.3 is 0 Å². The van der Waals surface area contributed by atoms with Crippen molar-refractivity contribution in [1.29, 1.82) is 0 Å². The Morgan fingerprint density at radius 1 is 1.35 bits per heavy atom. The van der Waals surface area contributed by atoms with E-state index in [1.165, 1.54) is 17.8 Å². The molecular weight excluding hydrogens is 257 g/mol. The number of imidazole rings is 1. The van der Waals surface area contributed by atoms with Crippen molar-refractivity contribution in [3.63, 3.8) is 0 Å². The lowest BCUT2D eigenvalue weighted by Gasteiger charge is -2.28. The fourth-order valence-corrected chi connectivity index (χ4v) is 2.70. The molecule has 0 spiro atoms. The second-order valence-electron chi connectivity index (χ2n) is 5.30. The number of rotatable bonds is 3. The Bertz CT molecular complexity index is 594. The van der Waals surface area contributed by atoms with Crippen LogP contribution < -0.4 is 0 Å². The number of aryl methyl sites for hydroxylation is 1. The van der Waals surface area contributed by atoms with E-state index >= 15 is 0 Å². The molecule has 1 aromatic carbocycles. The molecule has 0 amide bonds. The van der Waals surface area contributed by atoms with Crippen LogP contribution in [-0.2, 0) is 20.0 Å². The van der Waals surface area contributed by atoms with Gasteiger partial charge in [0.15, 0.2) is 0 Å². The number of nitrogens with zero attached hydrogens (tertiary/aromatic N) is 3. The minimum absolute atomic E-state index is 0.281. The van der Waals surface area contributed by atoms with Crippen LogP contribution in [0.4, 0.5) is 4.39 Å². The summed E-state index contributed by atoms with van der Waals surface area (Å²) in [4.78, 5) is 6.57. The molecule has 1 aliphatic rings. The second kappa shape index (κ2) is 5.34. The SMILES string of the molecule is Cn1cnc2c1CCN(C[C@H](O)c1ccc(F)cc1)C2. The third-order valence-corrected chi connectivity index (χ3v) is 3.87. The number of β-amino-alcohol motifs (C(OH)–C–C–N with tert-alkyl or cyclic N) is 1. The molecule has 4 nitrogen and oxygen atoms in total. The highest BCUT2D eigenvalue weighted by atomic mass is 19.1. The predicted molar refractivity (Wildman–Crippen MR) is 73.5 cm³/mol. The van der Waals surface area contributed by atoms with Gasteiger partial charge in [-0.25, -0.2) is 9.37 Å². The van der Waals surface area contributed by atoms with Gasteiger partial charge in [0.1, 0.15) is 5.82 Å². The number of hydrogen-bond acceptors (Lipinski definition) is 3. The summed E-state index contributed by atoms with van der Waals surface area (Å²) in [5.41, 5.74) is 3.11. The largest absolute Gasteiger partial charge is 0.387 e. The number of aliphatic hydroxyl groups excluding tert-OH is 1. The maximum Gasteiger partial charge on any atom is 0.123 e. The van der Waals surface area contributed by atoms with Gasteiger partial charge in [-0.15, -0.1) is 0 Å². The van der Waals surface area contributed by atoms with Crippen LogP contribution in [0.25, 0.3) is 0 Å². The van der Waals surface area contributed by atoms with Crippen LogP contribution in [0.2, 0.25) is 0 Å². The maximum absolute atomic E-state index is 12.9. The van der Waals surface area contributed by atoms with Crippen LogP contribution in [0, 0.1) is 5.82 Å². The summed E-state index contributed by atoms with van der Waals surface area (Å²) < 4.78 is 14.9. The maximum atomic E-state index is 12.9. The van der Waals surface area contributed by atoms with Crippen LogP contribution in [0.3, 0.4) is 0 Å². The van der Waals surface area contributed by atoms with Gasteiger partial charge in [-0.2, -0.15) is 0 Å². The third-order valence-electron chi connectivity index (χ3n) is 3.87. The van der Waals surface area contributed by atoms with E-state index in [9.17, 15) is 9.50 Å². The van der Waals surface area contributed by atoms with Gasteiger partial charge in [0.2, 0.25) is 0 Å². The molecule has 2 heterocycles.